The summed E-state index contributed by atoms with van der Waals surface area (Å²) in [6, 6.07) is 10.8. The van der Waals surface area contributed by atoms with Gasteiger partial charge in [-0.2, -0.15) is 0 Å². The minimum Gasteiger partial charge on any atom is -0.354 e. The number of rotatable bonds is 7. The maximum atomic E-state index is 14.3. The first-order chi connectivity index (χ1) is 21.0. The van der Waals surface area contributed by atoms with Crippen LogP contribution >= 0.6 is 11.6 Å². The largest absolute Gasteiger partial charge is 0.354 e. The van der Waals surface area contributed by atoms with E-state index in [2.05, 4.69) is 10.6 Å². The highest BCUT2D eigenvalue weighted by atomic mass is 35.5. The molecule has 4 amide bonds. The zero-order valence-electron chi connectivity index (χ0n) is 24.5. The topological polar surface area (TPSA) is 126 Å². The average Bonchev–Trinajstić information content (AvgIpc) is 3.17. The van der Waals surface area contributed by atoms with Crippen molar-refractivity contribution in [1.82, 2.24) is 24.3 Å². The summed E-state index contributed by atoms with van der Waals surface area (Å²) in [7, 11) is 0. The van der Waals surface area contributed by atoms with E-state index in [-0.39, 0.29) is 53.1 Å². The maximum Gasteiger partial charge on any atom is 0.331 e. The van der Waals surface area contributed by atoms with Gasteiger partial charge < -0.3 is 20.4 Å². The third-order valence-corrected chi connectivity index (χ3v) is 8.60. The van der Waals surface area contributed by atoms with Crippen LogP contribution in [0.2, 0.25) is 5.02 Å². The lowest BCUT2D eigenvalue weighted by atomic mass is 10.0. The smallest absolute Gasteiger partial charge is 0.331 e. The van der Waals surface area contributed by atoms with Crippen LogP contribution in [-0.2, 0) is 22.6 Å². The number of piperidine rings is 1. The van der Waals surface area contributed by atoms with E-state index in [1.807, 2.05) is 29.2 Å². The molecule has 0 radical (unpaired) electrons. The lowest BCUT2D eigenvalue weighted by molar-refractivity contribution is -0.133. The number of aromatic nitrogens is 2. The van der Waals surface area contributed by atoms with Crippen LogP contribution in [0.3, 0.4) is 0 Å². The molecule has 0 bridgehead atoms. The van der Waals surface area contributed by atoms with Crippen LogP contribution in [0, 0.1) is 5.82 Å². The van der Waals surface area contributed by atoms with Crippen LogP contribution in [0.15, 0.2) is 58.3 Å². The number of nitrogens with zero attached hydrogens (tertiary/aromatic N) is 4. The van der Waals surface area contributed by atoms with Crippen LogP contribution in [0.4, 0.5) is 14.9 Å². The Morgan fingerprint density at radius 2 is 1.77 bits per heavy atom. The van der Waals surface area contributed by atoms with Gasteiger partial charge in [0.15, 0.2) is 0 Å². The molecule has 232 valence electrons. The van der Waals surface area contributed by atoms with E-state index >= 15 is 0 Å². The first-order valence-corrected chi connectivity index (χ1v) is 14.9. The van der Waals surface area contributed by atoms with Gasteiger partial charge in [-0.1, -0.05) is 41.9 Å². The van der Waals surface area contributed by atoms with E-state index in [0.29, 0.717) is 32.5 Å². The van der Waals surface area contributed by atoms with Crippen molar-refractivity contribution in [3.05, 3.63) is 85.9 Å². The quantitative estimate of drug-likeness (QED) is 0.418. The number of anilines is 1. The third kappa shape index (κ3) is 6.40. The Morgan fingerprint density at radius 3 is 2.50 bits per heavy atom. The Balaban J connectivity index is 1.35. The molecule has 1 unspecified atom stereocenters. The number of carbonyl (C=O) groups excluding carboxylic acids is 3. The Kier molecular flexibility index (Phi) is 9.19. The molecule has 0 spiro atoms. The number of carbonyl (C=O) groups is 3. The molecule has 1 fully saturated rings. The van der Waals surface area contributed by atoms with Crippen molar-refractivity contribution in [1.29, 1.82) is 0 Å². The molecule has 2 N–H and O–H groups in total. The number of urea groups is 1. The lowest BCUT2D eigenvalue weighted by Gasteiger charge is -2.38. The van der Waals surface area contributed by atoms with Crippen LogP contribution in [0.1, 0.15) is 38.3 Å². The standard InChI is InChI=1S/C31H34ClFN6O5/c1-19(16-34-20(2)40)39-29(42)24(23-7-5-8-25(33)28(23)32)17-37(31(39)44)18-27(41)36-13-11-22(12-14-36)38-15-10-21-6-3-4-9-26(21)35-30(38)43/h3-9,17,19,22H,10-16,18H2,1-2H3,(H,34,40)(H,35,43). The van der Waals surface area contributed by atoms with E-state index < -0.39 is 23.1 Å². The summed E-state index contributed by atoms with van der Waals surface area (Å²) in [6.45, 7) is 3.87. The fraction of sp³-hybridized carbons (Fsp3) is 0.387. The number of hydrogen-bond donors (Lipinski definition) is 2. The highest BCUT2D eigenvalue weighted by molar-refractivity contribution is 6.33. The van der Waals surface area contributed by atoms with E-state index in [9.17, 15) is 28.4 Å². The van der Waals surface area contributed by atoms with Crippen molar-refractivity contribution >= 4 is 35.1 Å². The third-order valence-electron chi connectivity index (χ3n) is 8.22. The summed E-state index contributed by atoms with van der Waals surface area (Å²) in [5, 5.41) is 5.29. The van der Waals surface area contributed by atoms with Crippen molar-refractivity contribution in [2.75, 3.05) is 31.5 Å². The predicted molar refractivity (Wildman–Crippen MR) is 164 cm³/mol. The molecule has 1 saturated heterocycles. The Bertz CT molecular complexity index is 1710. The first-order valence-electron chi connectivity index (χ1n) is 14.5. The van der Waals surface area contributed by atoms with Crippen LogP contribution in [-0.4, -0.2) is 69.0 Å². The van der Waals surface area contributed by atoms with E-state index in [0.717, 1.165) is 32.9 Å². The molecule has 2 aliphatic heterocycles. The van der Waals surface area contributed by atoms with E-state index in [1.54, 1.807) is 11.8 Å². The summed E-state index contributed by atoms with van der Waals surface area (Å²) in [4.78, 5) is 68.5. The Hall–Kier alpha value is -4.45. The molecular weight excluding hydrogens is 591 g/mol. The average molecular weight is 625 g/mol. The van der Waals surface area contributed by atoms with Crippen LogP contribution in [0.25, 0.3) is 11.1 Å². The normalized spacial score (nSPS) is 16.1. The maximum absolute atomic E-state index is 14.3. The van der Waals surface area contributed by atoms with Gasteiger partial charge >= 0.3 is 11.7 Å². The number of nitrogens with one attached hydrogen (secondary N) is 2. The highest BCUT2D eigenvalue weighted by Gasteiger charge is 2.32. The molecule has 1 aromatic heterocycles. The van der Waals surface area contributed by atoms with Gasteiger partial charge in [-0.05, 0) is 43.9 Å². The molecule has 5 rings (SSSR count). The number of halogens is 2. The van der Waals surface area contributed by atoms with Gasteiger partial charge in [0.05, 0.1) is 16.6 Å². The molecular formula is C31H34ClFN6O5. The summed E-state index contributed by atoms with van der Waals surface area (Å²) in [5.74, 6) is -1.41. The first kappa shape index (κ1) is 31.0. The molecule has 1 atom stereocenters. The predicted octanol–water partition coefficient (Wildman–Crippen LogP) is 3.25. The minimum absolute atomic E-state index is 0.0125. The SMILES string of the molecule is CC(=O)NCC(C)n1c(=O)c(-c2cccc(F)c2Cl)cn(CC(=O)N2CCC(N3CCc4ccccc4NC3=O)CC2)c1=O. The Labute approximate surface area is 258 Å². The van der Waals surface area contributed by atoms with Gasteiger partial charge in [0, 0.05) is 56.6 Å². The number of benzene rings is 2. The van der Waals surface area contributed by atoms with Crippen LogP contribution in [0.5, 0.6) is 0 Å². The van der Waals surface area contributed by atoms with Crippen LogP contribution < -0.4 is 21.9 Å². The number of para-hydroxylation sites is 1. The molecule has 2 aromatic carbocycles. The molecule has 13 heteroatoms. The van der Waals surface area contributed by atoms with Gasteiger partial charge in [-0.3, -0.25) is 23.5 Å². The fourth-order valence-corrected chi connectivity index (χ4v) is 6.04. The minimum atomic E-state index is -0.769. The van der Waals surface area contributed by atoms with Gasteiger partial charge in [0.2, 0.25) is 11.8 Å². The van der Waals surface area contributed by atoms with Crippen molar-refractivity contribution in [3.8, 4) is 11.1 Å². The number of amides is 4. The lowest BCUT2D eigenvalue weighted by Crippen LogP contribution is -2.51. The highest BCUT2D eigenvalue weighted by Crippen LogP contribution is 2.28. The van der Waals surface area contributed by atoms with E-state index in [4.69, 9.17) is 11.6 Å². The molecule has 0 saturated carbocycles. The molecule has 3 aromatic rings. The van der Waals surface area contributed by atoms with E-state index in [1.165, 1.54) is 25.3 Å². The van der Waals surface area contributed by atoms with Crippen molar-refractivity contribution in [2.45, 2.75) is 51.7 Å². The summed E-state index contributed by atoms with van der Waals surface area (Å²) < 4.78 is 16.4. The fourth-order valence-electron chi connectivity index (χ4n) is 5.81. The molecule has 0 aliphatic carbocycles. The van der Waals surface area contributed by atoms with Gasteiger partial charge in [0.25, 0.3) is 5.56 Å². The van der Waals surface area contributed by atoms with Gasteiger partial charge in [-0.15, -0.1) is 0 Å². The molecule has 3 heterocycles. The summed E-state index contributed by atoms with van der Waals surface area (Å²) in [5.41, 5.74) is 0.453. The van der Waals surface area contributed by atoms with Crippen molar-refractivity contribution < 1.29 is 18.8 Å². The number of likely N-dealkylation sites (tertiary alicyclic amines) is 1. The number of fused-ring (bicyclic) bond motifs is 1. The summed E-state index contributed by atoms with van der Waals surface area (Å²) in [6.07, 6.45) is 3.10. The van der Waals surface area contributed by atoms with Crippen molar-refractivity contribution in [3.63, 3.8) is 0 Å². The van der Waals surface area contributed by atoms with Crippen molar-refractivity contribution in [2.24, 2.45) is 0 Å². The monoisotopic (exact) mass is 624 g/mol. The molecule has 44 heavy (non-hydrogen) atoms. The van der Waals surface area contributed by atoms with Gasteiger partial charge in [-0.25, -0.2) is 14.0 Å². The second-order valence-electron chi connectivity index (χ2n) is 11.2. The summed E-state index contributed by atoms with van der Waals surface area (Å²) >= 11 is 6.20. The molecule has 11 nitrogen and oxygen atoms in total. The molecule has 2 aliphatic rings. The second-order valence-corrected chi connectivity index (χ2v) is 11.5. The second kappa shape index (κ2) is 13.0. The Morgan fingerprint density at radius 1 is 1.05 bits per heavy atom. The zero-order chi connectivity index (χ0) is 31.5. The van der Waals surface area contributed by atoms with Gasteiger partial charge in [0.1, 0.15) is 12.4 Å². The zero-order valence-corrected chi connectivity index (χ0v) is 25.3. The number of hydrogen-bond acceptors (Lipinski definition) is 5.